The van der Waals surface area contributed by atoms with Crippen LogP contribution in [0.5, 0.6) is 0 Å². The zero-order valence-electron chi connectivity index (χ0n) is 11.3. The highest BCUT2D eigenvalue weighted by atomic mass is 16.4. The van der Waals surface area contributed by atoms with Gasteiger partial charge in [0.25, 0.3) is 0 Å². The van der Waals surface area contributed by atoms with Gasteiger partial charge in [0.1, 0.15) is 6.04 Å². The third-order valence-corrected chi connectivity index (χ3v) is 3.98. The minimum absolute atomic E-state index is 0.227. The van der Waals surface area contributed by atoms with E-state index in [0.717, 1.165) is 32.4 Å². The van der Waals surface area contributed by atoms with Crippen LogP contribution in [0.25, 0.3) is 0 Å². The molecule has 17 heavy (non-hydrogen) atoms. The maximum absolute atomic E-state index is 11.3. The number of nitrogens with zero attached hydrogens (tertiary/aromatic N) is 1. The smallest absolute Gasteiger partial charge is 0.320 e. The summed E-state index contributed by atoms with van der Waals surface area (Å²) in [6.07, 6.45) is 8.02. The fourth-order valence-electron chi connectivity index (χ4n) is 2.72. The number of rotatable bonds is 7. The first-order chi connectivity index (χ1) is 8.19. The lowest BCUT2D eigenvalue weighted by atomic mass is 9.88. The van der Waals surface area contributed by atoms with Gasteiger partial charge in [-0.05, 0) is 38.3 Å². The fourth-order valence-corrected chi connectivity index (χ4v) is 2.72. The summed E-state index contributed by atoms with van der Waals surface area (Å²) < 4.78 is 0. The summed E-state index contributed by atoms with van der Waals surface area (Å²) in [5, 5.41) is 9.28. The summed E-state index contributed by atoms with van der Waals surface area (Å²) >= 11 is 0. The number of carboxylic acid groups (broad SMARTS) is 1. The van der Waals surface area contributed by atoms with Gasteiger partial charge in [0.05, 0.1) is 0 Å². The van der Waals surface area contributed by atoms with Crippen molar-refractivity contribution < 1.29 is 9.90 Å². The normalized spacial score (nSPS) is 26.0. The van der Waals surface area contributed by atoms with Crippen molar-refractivity contribution in [2.75, 3.05) is 13.1 Å². The van der Waals surface area contributed by atoms with E-state index in [1.807, 2.05) is 0 Å². The van der Waals surface area contributed by atoms with E-state index < -0.39 is 5.97 Å². The monoisotopic (exact) mass is 241 g/mol. The average molecular weight is 241 g/mol. The topological polar surface area (TPSA) is 40.5 Å². The van der Waals surface area contributed by atoms with Crippen LogP contribution in [0.1, 0.15) is 58.8 Å². The molecule has 1 N–H and O–H groups in total. The van der Waals surface area contributed by atoms with Gasteiger partial charge < -0.3 is 5.11 Å². The predicted octanol–water partition coefficient (Wildman–Crippen LogP) is 3.14. The van der Waals surface area contributed by atoms with Crippen molar-refractivity contribution in [1.29, 1.82) is 0 Å². The number of unbranched alkanes of at least 4 members (excludes halogenated alkanes) is 3. The molecule has 1 fully saturated rings. The molecule has 0 aromatic rings. The van der Waals surface area contributed by atoms with E-state index in [1.54, 1.807) is 0 Å². The highest BCUT2D eigenvalue weighted by Crippen LogP contribution is 2.25. The molecule has 0 bridgehead atoms. The highest BCUT2D eigenvalue weighted by molar-refractivity contribution is 5.73. The molecular weight excluding hydrogens is 214 g/mol. The maximum atomic E-state index is 11.3. The van der Waals surface area contributed by atoms with E-state index in [-0.39, 0.29) is 6.04 Å². The first-order valence-electron chi connectivity index (χ1n) is 7.15. The molecule has 0 aromatic carbocycles. The Bertz CT molecular complexity index is 230. The molecule has 0 aliphatic carbocycles. The Balaban J connectivity index is 2.38. The van der Waals surface area contributed by atoms with E-state index in [0.29, 0.717) is 5.92 Å². The Labute approximate surface area is 105 Å². The molecule has 0 amide bonds. The van der Waals surface area contributed by atoms with Gasteiger partial charge in [0, 0.05) is 0 Å². The number of piperidine rings is 1. The van der Waals surface area contributed by atoms with Gasteiger partial charge in [-0.1, -0.05) is 39.5 Å². The van der Waals surface area contributed by atoms with Crippen LogP contribution in [0, 0.1) is 5.92 Å². The lowest BCUT2D eigenvalue weighted by Gasteiger charge is -2.36. The van der Waals surface area contributed by atoms with Crippen LogP contribution in [0.3, 0.4) is 0 Å². The van der Waals surface area contributed by atoms with Gasteiger partial charge >= 0.3 is 5.97 Å². The van der Waals surface area contributed by atoms with Crippen LogP contribution >= 0.6 is 0 Å². The molecule has 0 aromatic heterocycles. The minimum Gasteiger partial charge on any atom is -0.480 e. The van der Waals surface area contributed by atoms with Crippen molar-refractivity contribution in [3.63, 3.8) is 0 Å². The van der Waals surface area contributed by atoms with Crippen molar-refractivity contribution >= 4 is 5.97 Å². The molecular formula is C14H27NO2. The molecule has 0 saturated carbocycles. The van der Waals surface area contributed by atoms with Crippen LogP contribution in [0.15, 0.2) is 0 Å². The second-order valence-electron chi connectivity index (χ2n) is 5.25. The Hall–Kier alpha value is -0.570. The lowest BCUT2D eigenvalue weighted by molar-refractivity contribution is -0.145. The summed E-state index contributed by atoms with van der Waals surface area (Å²) in [6, 6.07) is -0.227. The first-order valence-corrected chi connectivity index (χ1v) is 7.15. The number of hydrogen-bond donors (Lipinski definition) is 1. The Morgan fingerprint density at radius 1 is 1.29 bits per heavy atom. The quantitative estimate of drug-likeness (QED) is 0.696. The van der Waals surface area contributed by atoms with Crippen molar-refractivity contribution in [1.82, 2.24) is 4.90 Å². The fraction of sp³-hybridized carbons (Fsp3) is 0.929. The van der Waals surface area contributed by atoms with E-state index >= 15 is 0 Å². The molecule has 2 atom stereocenters. The third-order valence-electron chi connectivity index (χ3n) is 3.98. The van der Waals surface area contributed by atoms with Gasteiger partial charge in [-0.25, -0.2) is 0 Å². The van der Waals surface area contributed by atoms with Crippen LogP contribution in [-0.2, 0) is 4.79 Å². The lowest BCUT2D eigenvalue weighted by Crippen LogP contribution is -2.47. The van der Waals surface area contributed by atoms with Crippen LogP contribution in [0.4, 0.5) is 0 Å². The number of carbonyl (C=O) groups is 1. The average Bonchev–Trinajstić information content (AvgIpc) is 2.34. The van der Waals surface area contributed by atoms with Gasteiger partial charge in [-0.15, -0.1) is 0 Å². The van der Waals surface area contributed by atoms with Crippen molar-refractivity contribution in [3.8, 4) is 0 Å². The predicted molar refractivity (Wildman–Crippen MR) is 70.2 cm³/mol. The molecule has 1 aliphatic rings. The minimum atomic E-state index is -0.626. The summed E-state index contributed by atoms with van der Waals surface area (Å²) in [5.41, 5.74) is 0. The Morgan fingerprint density at radius 2 is 2.06 bits per heavy atom. The second kappa shape index (κ2) is 7.70. The molecule has 100 valence electrons. The summed E-state index contributed by atoms with van der Waals surface area (Å²) in [4.78, 5) is 13.5. The van der Waals surface area contributed by atoms with Crippen molar-refractivity contribution in [2.24, 2.45) is 5.92 Å². The van der Waals surface area contributed by atoms with Gasteiger partial charge in [-0.3, -0.25) is 9.69 Å². The number of likely N-dealkylation sites (tertiary alicyclic amines) is 1. The van der Waals surface area contributed by atoms with Gasteiger partial charge in [-0.2, -0.15) is 0 Å². The highest BCUT2D eigenvalue weighted by Gasteiger charge is 2.31. The molecule has 3 nitrogen and oxygen atoms in total. The number of hydrogen-bond acceptors (Lipinski definition) is 2. The van der Waals surface area contributed by atoms with E-state index in [1.165, 1.54) is 25.7 Å². The summed E-state index contributed by atoms with van der Waals surface area (Å²) in [5.74, 6) is -0.0124. The summed E-state index contributed by atoms with van der Waals surface area (Å²) in [7, 11) is 0. The van der Waals surface area contributed by atoms with Crippen LogP contribution in [0.2, 0.25) is 0 Å². The molecule has 1 rings (SSSR count). The first kappa shape index (κ1) is 14.5. The molecule has 1 heterocycles. The Morgan fingerprint density at radius 3 is 2.65 bits per heavy atom. The zero-order chi connectivity index (χ0) is 12.7. The number of carboxylic acids is 1. The molecule has 3 heteroatoms. The van der Waals surface area contributed by atoms with E-state index in [9.17, 15) is 9.90 Å². The summed E-state index contributed by atoms with van der Waals surface area (Å²) in [6.45, 7) is 6.31. The SMILES string of the molecule is CCCCCCN1CCC(CC)CC1C(=O)O. The maximum Gasteiger partial charge on any atom is 0.320 e. The standard InChI is InChI=1S/C14H27NO2/c1-3-5-6-7-9-15-10-8-12(4-2)11-13(15)14(16)17/h12-13H,3-11H2,1-2H3,(H,16,17). The molecule has 1 aliphatic heterocycles. The molecule has 0 radical (unpaired) electrons. The largest absolute Gasteiger partial charge is 0.480 e. The second-order valence-corrected chi connectivity index (χ2v) is 5.25. The zero-order valence-corrected chi connectivity index (χ0v) is 11.3. The van der Waals surface area contributed by atoms with Gasteiger partial charge in [0.15, 0.2) is 0 Å². The van der Waals surface area contributed by atoms with Crippen molar-refractivity contribution in [3.05, 3.63) is 0 Å². The molecule has 0 spiro atoms. The molecule has 2 unspecified atom stereocenters. The Kier molecular flexibility index (Phi) is 6.56. The van der Waals surface area contributed by atoms with Crippen molar-refractivity contribution in [2.45, 2.75) is 64.8 Å². The van der Waals surface area contributed by atoms with Crippen LogP contribution < -0.4 is 0 Å². The third kappa shape index (κ3) is 4.66. The van der Waals surface area contributed by atoms with E-state index in [4.69, 9.17) is 0 Å². The molecule has 1 saturated heterocycles. The van der Waals surface area contributed by atoms with Crippen LogP contribution in [-0.4, -0.2) is 35.1 Å². The van der Waals surface area contributed by atoms with E-state index in [2.05, 4.69) is 18.7 Å². The number of aliphatic carboxylic acids is 1. The van der Waals surface area contributed by atoms with Gasteiger partial charge in [0.2, 0.25) is 0 Å².